The third-order valence-corrected chi connectivity index (χ3v) is 2.85. The van der Waals surface area contributed by atoms with Crippen LogP contribution in [0.2, 0.25) is 0 Å². The van der Waals surface area contributed by atoms with Crippen LogP contribution in [-0.4, -0.2) is 22.0 Å². The molecule has 0 bridgehead atoms. The molecular formula is C13H12N4O. The maximum atomic E-state index is 11.5. The fourth-order valence-electron chi connectivity index (χ4n) is 1.96. The number of anilines is 1. The largest absolute Gasteiger partial charge is 0.343 e. The molecule has 0 fully saturated rings. The average molecular weight is 240 g/mol. The predicted octanol–water partition coefficient (Wildman–Crippen LogP) is 1.52. The standard InChI is InChI=1S/C13H12N4O/c18-13-12(14-16-15-13)10-5-4-8-17(9-10)11-6-2-1-3-7-11/h1-8H,9H2,(H2,14,15,16,18). The van der Waals surface area contributed by atoms with E-state index in [0.29, 0.717) is 12.2 Å². The van der Waals surface area contributed by atoms with Crippen molar-refractivity contribution in [3.8, 4) is 0 Å². The molecule has 0 aliphatic carbocycles. The van der Waals surface area contributed by atoms with Crippen molar-refractivity contribution in [3.05, 3.63) is 64.7 Å². The van der Waals surface area contributed by atoms with Crippen LogP contribution in [0.3, 0.4) is 0 Å². The molecule has 1 aliphatic heterocycles. The van der Waals surface area contributed by atoms with Crippen molar-refractivity contribution in [2.75, 3.05) is 11.4 Å². The van der Waals surface area contributed by atoms with E-state index in [2.05, 4.69) is 20.3 Å². The van der Waals surface area contributed by atoms with Gasteiger partial charge in [0.2, 0.25) is 0 Å². The minimum absolute atomic E-state index is 0.190. The first-order valence-electron chi connectivity index (χ1n) is 5.67. The summed E-state index contributed by atoms with van der Waals surface area (Å²) in [5.74, 6) is 0. The van der Waals surface area contributed by atoms with Gasteiger partial charge in [-0.3, -0.25) is 4.79 Å². The van der Waals surface area contributed by atoms with E-state index < -0.39 is 0 Å². The summed E-state index contributed by atoms with van der Waals surface area (Å²) >= 11 is 0. The topological polar surface area (TPSA) is 64.8 Å². The summed E-state index contributed by atoms with van der Waals surface area (Å²) in [7, 11) is 0. The number of hydrogen-bond acceptors (Lipinski definition) is 3. The lowest BCUT2D eigenvalue weighted by Gasteiger charge is -2.23. The van der Waals surface area contributed by atoms with Crippen LogP contribution in [0.5, 0.6) is 0 Å². The molecule has 0 saturated heterocycles. The second kappa shape index (κ2) is 4.37. The van der Waals surface area contributed by atoms with Gasteiger partial charge in [0.05, 0.1) is 0 Å². The van der Waals surface area contributed by atoms with Gasteiger partial charge in [-0.05, 0) is 18.2 Å². The summed E-state index contributed by atoms with van der Waals surface area (Å²) in [5.41, 5.74) is 2.24. The zero-order chi connectivity index (χ0) is 12.4. The van der Waals surface area contributed by atoms with Gasteiger partial charge in [-0.1, -0.05) is 24.3 Å². The number of nitrogens with zero attached hydrogens (tertiary/aromatic N) is 2. The van der Waals surface area contributed by atoms with E-state index in [9.17, 15) is 4.79 Å². The van der Waals surface area contributed by atoms with E-state index in [4.69, 9.17) is 0 Å². The Hall–Kier alpha value is -2.56. The molecule has 2 N–H and O–H groups in total. The van der Waals surface area contributed by atoms with E-state index in [1.165, 1.54) is 0 Å². The summed E-state index contributed by atoms with van der Waals surface area (Å²) < 4.78 is 0. The van der Waals surface area contributed by atoms with Gasteiger partial charge in [-0.25, -0.2) is 10.3 Å². The van der Waals surface area contributed by atoms with Gasteiger partial charge in [-0.2, -0.15) is 5.10 Å². The van der Waals surface area contributed by atoms with Gasteiger partial charge in [0.15, 0.2) is 5.69 Å². The molecule has 1 aliphatic rings. The number of aromatic nitrogens is 3. The van der Waals surface area contributed by atoms with Gasteiger partial charge in [0, 0.05) is 24.0 Å². The van der Waals surface area contributed by atoms with Crippen LogP contribution in [0, 0.1) is 0 Å². The Kier molecular flexibility index (Phi) is 2.57. The highest BCUT2D eigenvalue weighted by Crippen LogP contribution is 2.21. The molecule has 0 atom stereocenters. The van der Waals surface area contributed by atoms with E-state index in [-0.39, 0.29) is 5.56 Å². The maximum absolute atomic E-state index is 11.5. The Morgan fingerprint density at radius 1 is 1.22 bits per heavy atom. The van der Waals surface area contributed by atoms with Gasteiger partial charge in [-0.15, -0.1) is 0 Å². The van der Waals surface area contributed by atoms with Gasteiger partial charge in [0.25, 0.3) is 5.56 Å². The Bertz CT molecular complexity index is 651. The fourth-order valence-corrected chi connectivity index (χ4v) is 1.96. The molecule has 3 rings (SSSR count). The molecule has 1 aromatic heterocycles. The van der Waals surface area contributed by atoms with Crippen molar-refractivity contribution >= 4 is 11.3 Å². The van der Waals surface area contributed by atoms with Gasteiger partial charge < -0.3 is 4.90 Å². The minimum atomic E-state index is -0.190. The van der Waals surface area contributed by atoms with Crippen LogP contribution in [0.4, 0.5) is 5.69 Å². The minimum Gasteiger partial charge on any atom is -0.343 e. The molecule has 0 amide bonds. The average Bonchev–Trinajstić information content (AvgIpc) is 2.86. The van der Waals surface area contributed by atoms with Crippen molar-refractivity contribution in [3.63, 3.8) is 0 Å². The molecule has 90 valence electrons. The van der Waals surface area contributed by atoms with Gasteiger partial charge >= 0.3 is 0 Å². The monoisotopic (exact) mass is 240 g/mol. The number of para-hydroxylation sites is 1. The van der Waals surface area contributed by atoms with Crippen LogP contribution in [0.15, 0.2) is 53.5 Å². The Balaban J connectivity index is 1.90. The number of nitrogens with one attached hydrogen (secondary N) is 2. The van der Waals surface area contributed by atoms with E-state index in [0.717, 1.165) is 11.3 Å². The maximum Gasteiger partial charge on any atom is 0.291 e. The molecule has 5 heteroatoms. The number of rotatable bonds is 2. The second-order valence-corrected chi connectivity index (χ2v) is 4.02. The lowest BCUT2D eigenvalue weighted by atomic mass is 10.1. The van der Waals surface area contributed by atoms with Crippen LogP contribution >= 0.6 is 0 Å². The van der Waals surface area contributed by atoms with Crippen molar-refractivity contribution in [2.45, 2.75) is 0 Å². The van der Waals surface area contributed by atoms with Crippen molar-refractivity contribution in [2.24, 2.45) is 0 Å². The first kappa shape index (κ1) is 10.6. The lowest BCUT2D eigenvalue weighted by molar-refractivity contribution is 0.925. The first-order chi connectivity index (χ1) is 8.84. The summed E-state index contributed by atoms with van der Waals surface area (Å²) in [6.07, 6.45) is 5.81. The van der Waals surface area contributed by atoms with Crippen LogP contribution in [0.25, 0.3) is 5.57 Å². The van der Waals surface area contributed by atoms with Crippen LogP contribution in [0.1, 0.15) is 5.69 Å². The molecule has 2 aromatic rings. The predicted molar refractivity (Wildman–Crippen MR) is 70.1 cm³/mol. The highest BCUT2D eigenvalue weighted by Gasteiger charge is 2.15. The van der Waals surface area contributed by atoms with E-state index in [1.54, 1.807) is 0 Å². The highest BCUT2D eigenvalue weighted by atomic mass is 16.1. The number of aromatic amines is 2. The van der Waals surface area contributed by atoms with Crippen LogP contribution < -0.4 is 10.5 Å². The first-order valence-corrected chi connectivity index (χ1v) is 5.67. The smallest absolute Gasteiger partial charge is 0.291 e. The van der Waals surface area contributed by atoms with E-state index >= 15 is 0 Å². The lowest BCUT2D eigenvalue weighted by Crippen LogP contribution is -2.22. The molecule has 0 radical (unpaired) electrons. The molecule has 2 heterocycles. The van der Waals surface area contributed by atoms with Crippen molar-refractivity contribution in [1.82, 2.24) is 15.4 Å². The molecule has 0 unspecified atom stereocenters. The zero-order valence-corrected chi connectivity index (χ0v) is 9.63. The summed E-state index contributed by atoms with van der Waals surface area (Å²) in [6.45, 7) is 0.633. The summed E-state index contributed by atoms with van der Waals surface area (Å²) in [6, 6.07) is 10.0. The third kappa shape index (κ3) is 1.86. The van der Waals surface area contributed by atoms with E-state index in [1.807, 2.05) is 48.7 Å². The SMILES string of the molecule is O=c1[nH][nH]nc1C1=CC=CN(c2ccccc2)C1. The summed E-state index contributed by atoms with van der Waals surface area (Å²) in [4.78, 5) is 13.6. The van der Waals surface area contributed by atoms with Crippen molar-refractivity contribution in [1.29, 1.82) is 0 Å². The Morgan fingerprint density at radius 2 is 2.06 bits per heavy atom. The molecule has 5 nitrogen and oxygen atoms in total. The number of H-pyrrole nitrogens is 2. The van der Waals surface area contributed by atoms with Gasteiger partial charge in [0.1, 0.15) is 0 Å². The van der Waals surface area contributed by atoms with Crippen molar-refractivity contribution < 1.29 is 0 Å². The molecule has 18 heavy (non-hydrogen) atoms. The molecular weight excluding hydrogens is 228 g/mol. The number of hydrogen-bond donors (Lipinski definition) is 2. The second-order valence-electron chi connectivity index (χ2n) is 4.02. The fraction of sp³-hybridized carbons (Fsp3) is 0.0769. The summed E-state index contributed by atoms with van der Waals surface area (Å²) in [5, 5.41) is 8.87. The normalized spacial score (nSPS) is 14.7. The highest BCUT2D eigenvalue weighted by molar-refractivity contribution is 5.71. The number of benzene rings is 1. The Labute approximate surface area is 103 Å². The van der Waals surface area contributed by atoms with Crippen LogP contribution in [-0.2, 0) is 0 Å². The molecule has 1 aromatic carbocycles. The third-order valence-electron chi connectivity index (χ3n) is 2.85. The molecule has 0 saturated carbocycles. The number of allylic oxidation sites excluding steroid dienone is 2. The Morgan fingerprint density at radius 3 is 2.78 bits per heavy atom. The molecule has 0 spiro atoms. The quantitative estimate of drug-likeness (QED) is 0.836. The zero-order valence-electron chi connectivity index (χ0n) is 9.63.